The molecule has 0 unspecified atom stereocenters. The van der Waals surface area contributed by atoms with E-state index in [4.69, 9.17) is 9.72 Å². The predicted molar refractivity (Wildman–Crippen MR) is 126 cm³/mol. The van der Waals surface area contributed by atoms with Crippen LogP contribution < -0.4 is 4.90 Å². The van der Waals surface area contributed by atoms with Gasteiger partial charge in [-0.2, -0.15) is 0 Å². The Kier molecular flexibility index (Phi) is 7.17. The SMILES string of the molecule is CCc1cnc(N2CCC(c3nc(COCc4ccc(S(C)(=O)=O)cc4)cs3)CC2)nc1. The minimum absolute atomic E-state index is 0.320. The fraction of sp³-hybridized carbons (Fsp3) is 0.435. The summed E-state index contributed by atoms with van der Waals surface area (Å²) in [5.41, 5.74) is 3.04. The number of nitrogens with zero attached hydrogens (tertiary/aromatic N) is 4. The molecule has 0 spiro atoms. The Morgan fingerprint density at radius 1 is 1.06 bits per heavy atom. The van der Waals surface area contributed by atoms with E-state index in [1.165, 1.54) is 11.3 Å². The second-order valence-electron chi connectivity index (χ2n) is 8.09. The molecule has 3 heterocycles. The first kappa shape index (κ1) is 22.8. The Bertz CT molecular complexity index is 1120. The Labute approximate surface area is 193 Å². The summed E-state index contributed by atoms with van der Waals surface area (Å²) in [5, 5.41) is 3.24. The summed E-state index contributed by atoms with van der Waals surface area (Å²) in [6.45, 7) is 4.85. The van der Waals surface area contributed by atoms with Crippen LogP contribution in [0.5, 0.6) is 0 Å². The zero-order valence-electron chi connectivity index (χ0n) is 18.4. The van der Waals surface area contributed by atoms with E-state index in [0.717, 1.165) is 55.1 Å². The first-order valence-electron chi connectivity index (χ1n) is 10.8. The minimum atomic E-state index is -3.17. The third-order valence-corrected chi connectivity index (χ3v) is 7.85. The van der Waals surface area contributed by atoms with E-state index in [9.17, 15) is 8.42 Å². The lowest BCUT2D eigenvalue weighted by atomic mass is 9.98. The molecule has 4 rings (SSSR count). The van der Waals surface area contributed by atoms with Gasteiger partial charge >= 0.3 is 0 Å². The highest BCUT2D eigenvalue weighted by molar-refractivity contribution is 7.90. The second-order valence-corrected chi connectivity index (χ2v) is 11.0. The van der Waals surface area contributed by atoms with Crippen LogP contribution in [0.25, 0.3) is 0 Å². The number of hydrogen-bond donors (Lipinski definition) is 0. The average molecular weight is 473 g/mol. The van der Waals surface area contributed by atoms with Crippen LogP contribution in [0.4, 0.5) is 5.95 Å². The molecule has 1 aromatic carbocycles. The molecule has 0 saturated carbocycles. The van der Waals surface area contributed by atoms with Gasteiger partial charge in [0.15, 0.2) is 9.84 Å². The molecule has 0 amide bonds. The summed E-state index contributed by atoms with van der Waals surface area (Å²) in [4.78, 5) is 16.4. The smallest absolute Gasteiger partial charge is 0.225 e. The zero-order valence-corrected chi connectivity index (χ0v) is 20.0. The number of piperidine rings is 1. The molecule has 1 aliphatic rings. The van der Waals surface area contributed by atoms with Gasteiger partial charge < -0.3 is 9.64 Å². The van der Waals surface area contributed by atoms with Crippen LogP contribution in [0.2, 0.25) is 0 Å². The van der Waals surface area contributed by atoms with Gasteiger partial charge in [-0.25, -0.2) is 23.4 Å². The Hall–Kier alpha value is -2.36. The summed E-state index contributed by atoms with van der Waals surface area (Å²) in [5.74, 6) is 1.28. The normalized spacial score (nSPS) is 15.2. The van der Waals surface area contributed by atoms with E-state index in [1.807, 2.05) is 12.4 Å². The molecule has 1 saturated heterocycles. The molecule has 9 heteroatoms. The van der Waals surface area contributed by atoms with Gasteiger partial charge in [0.1, 0.15) is 0 Å². The number of aryl methyl sites for hydroxylation is 1. The van der Waals surface area contributed by atoms with Gasteiger partial charge in [0.2, 0.25) is 5.95 Å². The second kappa shape index (κ2) is 10.1. The maximum Gasteiger partial charge on any atom is 0.225 e. The van der Waals surface area contributed by atoms with Gasteiger partial charge in [0.25, 0.3) is 0 Å². The molecule has 3 aromatic rings. The summed E-state index contributed by atoms with van der Waals surface area (Å²) in [6, 6.07) is 6.81. The third kappa shape index (κ3) is 5.70. The van der Waals surface area contributed by atoms with Crippen molar-refractivity contribution in [2.24, 2.45) is 0 Å². The molecule has 0 aliphatic carbocycles. The molecule has 0 atom stereocenters. The maximum atomic E-state index is 11.5. The van der Waals surface area contributed by atoms with E-state index in [1.54, 1.807) is 35.6 Å². The Morgan fingerprint density at radius 3 is 2.38 bits per heavy atom. The van der Waals surface area contributed by atoms with E-state index >= 15 is 0 Å². The fourth-order valence-electron chi connectivity index (χ4n) is 3.70. The number of benzene rings is 1. The summed E-state index contributed by atoms with van der Waals surface area (Å²) in [6.07, 6.45) is 8.08. The van der Waals surface area contributed by atoms with Crippen molar-refractivity contribution in [3.8, 4) is 0 Å². The van der Waals surface area contributed by atoms with Gasteiger partial charge in [-0.05, 0) is 42.5 Å². The van der Waals surface area contributed by atoms with Crippen LogP contribution in [-0.2, 0) is 34.2 Å². The largest absolute Gasteiger partial charge is 0.370 e. The van der Waals surface area contributed by atoms with Crippen LogP contribution in [-0.4, -0.2) is 42.7 Å². The topological polar surface area (TPSA) is 85.3 Å². The zero-order chi connectivity index (χ0) is 22.6. The number of aromatic nitrogens is 3. The van der Waals surface area contributed by atoms with Crippen LogP contribution in [0.3, 0.4) is 0 Å². The highest BCUT2D eigenvalue weighted by Crippen LogP contribution is 2.31. The molecule has 7 nitrogen and oxygen atoms in total. The Morgan fingerprint density at radius 2 is 1.75 bits per heavy atom. The van der Waals surface area contributed by atoms with Crippen LogP contribution in [0.1, 0.15) is 47.5 Å². The van der Waals surface area contributed by atoms with E-state index in [2.05, 4.69) is 27.2 Å². The predicted octanol–water partition coefficient (Wildman–Crippen LogP) is 4.00. The lowest BCUT2D eigenvalue weighted by Crippen LogP contribution is -2.34. The van der Waals surface area contributed by atoms with Crippen molar-refractivity contribution >= 4 is 27.1 Å². The molecule has 2 aromatic heterocycles. The molecule has 0 radical (unpaired) electrons. The minimum Gasteiger partial charge on any atom is -0.370 e. The van der Waals surface area contributed by atoms with Crippen molar-refractivity contribution < 1.29 is 13.2 Å². The molecule has 170 valence electrons. The summed E-state index contributed by atoms with van der Waals surface area (Å²) >= 11 is 1.70. The van der Waals surface area contributed by atoms with Gasteiger partial charge in [0.05, 0.1) is 28.8 Å². The molecule has 32 heavy (non-hydrogen) atoms. The fourth-order valence-corrected chi connectivity index (χ4v) is 5.31. The van der Waals surface area contributed by atoms with Gasteiger partial charge in [-0.1, -0.05) is 19.1 Å². The van der Waals surface area contributed by atoms with Crippen molar-refractivity contribution in [3.63, 3.8) is 0 Å². The summed E-state index contributed by atoms with van der Waals surface area (Å²) < 4.78 is 28.9. The average Bonchev–Trinajstić information content (AvgIpc) is 3.28. The van der Waals surface area contributed by atoms with Crippen LogP contribution in [0.15, 0.2) is 46.9 Å². The molecule has 0 bridgehead atoms. The number of sulfone groups is 1. The summed E-state index contributed by atoms with van der Waals surface area (Å²) in [7, 11) is -3.17. The molecule has 1 fully saturated rings. The number of hydrogen-bond acceptors (Lipinski definition) is 8. The maximum absolute atomic E-state index is 11.5. The van der Waals surface area contributed by atoms with Crippen molar-refractivity contribution in [3.05, 3.63) is 63.9 Å². The Balaban J connectivity index is 1.25. The first-order chi connectivity index (χ1) is 15.4. The van der Waals surface area contributed by atoms with Crippen molar-refractivity contribution in [1.29, 1.82) is 0 Å². The van der Waals surface area contributed by atoms with E-state index in [-0.39, 0.29) is 0 Å². The molecular weight excluding hydrogens is 444 g/mol. The lowest BCUT2D eigenvalue weighted by molar-refractivity contribution is 0.105. The third-order valence-electron chi connectivity index (χ3n) is 5.67. The highest BCUT2D eigenvalue weighted by Gasteiger charge is 2.24. The number of thiazole rings is 1. The standard InChI is InChI=1S/C23H28N4O3S2/c1-3-17-12-24-23(25-13-17)27-10-8-19(9-11-27)22-26-20(16-31-22)15-30-14-18-4-6-21(7-5-18)32(2,28)29/h4-7,12-13,16,19H,3,8-11,14-15H2,1-2H3. The van der Waals surface area contributed by atoms with Crippen molar-refractivity contribution in [2.75, 3.05) is 24.2 Å². The first-order valence-corrected chi connectivity index (χ1v) is 13.6. The van der Waals surface area contributed by atoms with Crippen molar-refractivity contribution in [1.82, 2.24) is 15.0 Å². The number of rotatable bonds is 8. The highest BCUT2D eigenvalue weighted by atomic mass is 32.2. The van der Waals surface area contributed by atoms with Gasteiger partial charge in [-0.3, -0.25) is 0 Å². The van der Waals surface area contributed by atoms with Crippen LogP contribution >= 0.6 is 11.3 Å². The quantitative estimate of drug-likeness (QED) is 0.490. The molecule has 0 N–H and O–H groups in total. The van der Waals surface area contributed by atoms with Crippen molar-refractivity contribution in [2.45, 2.75) is 50.2 Å². The number of anilines is 1. The monoisotopic (exact) mass is 472 g/mol. The number of ether oxygens (including phenoxy) is 1. The van der Waals surface area contributed by atoms with E-state index in [0.29, 0.717) is 24.0 Å². The van der Waals surface area contributed by atoms with Gasteiger partial charge in [0, 0.05) is 43.0 Å². The van der Waals surface area contributed by atoms with E-state index < -0.39 is 9.84 Å². The van der Waals surface area contributed by atoms with Gasteiger partial charge in [-0.15, -0.1) is 11.3 Å². The van der Waals surface area contributed by atoms with Crippen LogP contribution in [0, 0.1) is 0 Å². The molecule has 1 aliphatic heterocycles. The molecular formula is C23H28N4O3S2. The lowest BCUT2D eigenvalue weighted by Gasteiger charge is -2.31.